The molecule has 0 aromatic heterocycles. The Morgan fingerprint density at radius 1 is 1.22 bits per heavy atom. The third-order valence-corrected chi connectivity index (χ3v) is 9.29. The first-order valence-corrected chi connectivity index (χ1v) is 14.3. The van der Waals surface area contributed by atoms with Gasteiger partial charge in [-0.3, -0.25) is 4.79 Å². The molecule has 1 aromatic rings. The second-order valence-corrected chi connectivity index (χ2v) is 15.6. The maximum atomic E-state index is 13.9. The number of hydrogen-bond acceptors (Lipinski definition) is 3. The average molecular weight is 453 g/mol. The highest BCUT2D eigenvalue weighted by molar-refractivity contribution is 9.10. The van der Waals surface area contributed by atoms with E-state index in [4.69, 9.17) is 4.43 Å². The van der Waals surface area contributed by atoms with Crippen molar-refractivity contribution in [1.29, 1.82) is 0 Å². The third-order valence-electron chi connectivity index (χ3n) is 7.41. The molecule has 3 nitrogen and oxygen atoms in total. The molecular weight excluding hydrogens is 420 g/mol. The minimum Gasteiger partial charge on any atom is -0.404 e. The molecule has 0 radical (unpaired) electrons. The van der Waals surface area contributed by atoms with Crippen molar-refractivity contribution in [2.45, 2.75) is 76.2 Å². The number of aliphatic hydroxyl groups excluding tert-OH is 1. The highest BCUT2D eigenvalue weighted by atomic mass is 79.9. The van der Waals surface area contributed by atoms with Gasteiger partial charge in [-0.1, -0.05) is 67.0 Å². The zero-order valence-corrected chi connectivity index (χ0v) is 20.0. The molecular formula is C22H33BrO3Si. The van der Waals surface area contributed by atoms with Gasteiger partial charge in [0.2, 0.25) is 0 Å². The van der Waals surface area contributed by atoms with Gasteiger partial charge >= 0.3 is 0 Å². The Balaban J connectivity index is 2.01. The van der Waals surface area contributed by atoms with Crippen LogP contribution in [0.2, 0.25) is 19.6 Å². The van der Waals surface area contributed by atoms with Crippen LogP contribution in [0.3, 0.4) is 0 Å². The fraction of sp³-hybridized carbons (Fsp3) is 0.682. The summed E-state index contributed by atoms with van der Waals surface area (Å²) in [5.74, 6) is 0.496. The van der Waals surface area contributed by atoms with Crippen molar-refractivity contribution in [3.05, 3.63) is 35.9 Å². The Morgan fingerprint density at radius 2 is 1.81 bits per heavy atom. The molecule has 0 heterocycles. The molecule has 0 spiro atoms. The van der Waals surface area contributed by atoms with E-state index in [0.717, 1.165) is 24.8 Å². The van der Waals surface area contributed by atoms with Crippen molar-refractivity contribution in [2.75, 3.05) is 0 Å². The zero-order chi connectivity index (χ0) is 20.3. The number of Topliss-reactive ketones (excluding diaryl/α,β-unsaturated/α-hetero) is 1. The highest BCUT2D eigenvalue weighted by Gasteiger charge is 2.73. The van der Waals surface area contributed by atoms with Crippen LogP contribution in [0.1, 0.15) is 51.7 Å². The Labute approximate surface area is 173 Å². The molecule has 1 aromatic carbocycles. The molecule has 2 aliphatic rings. The van der Waals surface area contributed by atoms with Crippen LogP contribution in [-0.2, 0) is 9.22 Å². The number of fused-ring (bicyclic) bond motifs is 2. The van der Waals surface area contributed by atoms with Gasteiger partial charge in [-0.25, -0.2) is 0 Å². The number of hydrogen-bond donors (Lipinski definition) is 1. The van der Waals surface area contributed by atoms with E-state index in [1.807, 2.05) is 30.3 Å². The van der Waals surface area contributed by atoms with Crippen molar-refractivity contribution >= 4 is 30.0 Å². The summed E-state index contributed by atoms with van der Waals surface area (Å²) in [7, 11) is -1.99. The molecule has 5 heteroatoms. The summed E-state index contributed by atoms with van der Waals surface area (Å²) in [5, 5.41) is 10.9. The highest BCUT2D eigenvalue weighted by Crippen LogP contribution is 2.71. The Bertz CT molecular complexity index is 714. The molecule has 27 heavy (non-hydrogen) atoms. The predicted molar refractivity (Wildman–Crippen MR) is 116 cm³/mol. The van der Waals surface area contributed by atoms with Gasteiger partial charge in [0.1, 0.15) is 10.4 Å². The average Bonchev–Trinajstić information content (AvgIpc) is 2.91. The van der Waals surface area contributed by atoms with E-state index in [9.17, 15) is 9.90 Å². The number of ketones is 1. The summed E-state index contributed by atoms with van der Waals surface area (Å²) in [6.07, 6.45) is 2.04. The lowest BCUT2D eigenvalue weighted by molar-refractivity contribution is -0.152. The molecule has 5 atom stereocenters. The number of carbonyl (C=O) groups is 1. The van der Waals surface area contributed by atoms with Crippen molar-refractivity contribution in [2.24, 2.45) is 16.7 Å². The molecule has 3 rings (SSSR count). The molecule has 150 valence electrons. The lowest BCUT2D eigenvalue weighted by atomic mass is 9.62. The normalized spacial score (nSPS) is 34.4. The molecule has 0 saturated heterocycles. The van der Waals surface area contributed by atoms with Gasteiger partial charge in [-0.2, -0.15) is 0 Å². The van der Waals surface area contributed by atoms with Gasteiger partial charge in [-0.05, 0) is 55.8 Å². The standard InChI is InChI=1S/C22H33BrO3Si/c1-20(2)16-12-13-21(20,3)22(14-16,26-27(4,5)6)19(25)17(23)18(24)15-10-8-7-9-11-15/h7-11,16-18,24H,12-14H2,1-6H3/t16-,17-,18-,21-,22+/m1/s1. The van der Waals surface area contributed by atoms with Crippen LogP contribution < -0.4 is 0 Å². The summed E-state index contributed by atoms with van der Waals surface area (Å²) in [4.78, 5) is 13.3. The molecule has 0 amide bonds. The number of aliphatic hydroxyl groups is 1. The van der Waals surface area contributed by atoms with Crippen LogP contribution in [0.25, 0.3) is 0 Å². The van der Waals surface area contributed by atoms with Crippen molar-refractivity contribution in [3.63, 3.8) is 0 Å². The molecule has 2 bridgehead atoms. The van der Waals surface area contributed by atoms with E-state index >= 15 is 0 Å². The van der Waals surface area contributed by atoms with E-state index in [0.29, 0.717) is 5.92 Å². The second-order valence-electron chi connectivity index (χ2n) is 10.2. The zero-order valence-electron chi connectivity index (χ0n) is 17.4. The summed E-state index contributed by atoms with van der Waals surface area (Å²) in [6, 6.07) is 9.42. The Morgan fingerprint density at radius 3 is 2.26 bits per heavy atom. The molecule has 2 fully saturated rings. The molecule has 1 N–H and O–H groups in total. The fourth-order valence-corrected chi connectivity index (χ4v) is 7.66. The van der Waals surface area contributed by atoms with Gasteiger partial charge in [-0.15, -0.1) is 0 Å². The first kappa shape index (κ1) is 21.2. The van der Waals surface area contributed by atoms with Gasteiger partial charge in [0, 0.05) is 5.41 Å². The number of carbonyl (C=O) groups excluding carboxylic acids is 1. The van der Waals surface area contributed by atoms with Gasteiger partial charge in [0.25, 0.3) is 0 Å². The van der Waals surface area contributed by atoms with Gasteiger partial charge in [0.15, 0.2) is 14.1 Å². The number of benzene rings is 1. The summed E-state index contributed by atoms with van der Waals surface area (Å²) in [6.45, 7) is 13.3. The topological polar surface area (TPSA) is 46.5 Å². The van der Waals surface area contributed by atoms with Crippen LogP contribution in [-0.4, -0.2) is 29.6 Å². The van der Waals surface area contributed by atoms with Gasteiger partial charge < -0.3 is 9.53 Å². The lowest BCUT2D eigenvalue weighted by Gasteiger charge is -2.51. The van der Waals surface area contributed by atoms with Crippen LogP contribution in [0, 0.1) is 16.7 Å². The van der Waals surface area contributed by atoms with Crippen LogP contribution >= 0.6 is 15.9 Å². The number of rotatable bonds is 6. The maximum absolute atomic E-state index is 13.9. The SMILES string of the molecule is CC1(C)[C@@H]2CC[C@@]1(C)[C@@](O[Si](C)(C)C)(C(=O)[C@H](Br)[C@H](O)c1ccccc1)C2. The minimum atomic E-state index is -1.99. The molecule has 2 saturated carbocycles. The summed E-state index contributed by atoms with van der Waals surface area (Å²) >= 11 is 3.57. The van der Waals surface area contributed by atoms with E-state index in [2.05, 4.69) is 56.3 Å². The number of alkyl halides is 1. The quantitative estimate of drug-likeness (QED) is 0.458. The summed E-state index contributed by atoms with van der Waals surface area (Å²) in [5.41, 5.74) is -0.242. The van der Waals surface area contributed by atoms with E-state index in [-0.39, 0.29) is 16.6 Å². The number of halogens is 1. The minimum absolute atomic E-state index is 0.0130. The van der Waals surface area contributed by atoms with Crippen LogP contribution in [0.5, 0.6) is 0 Å². The Kier molecular flexibility index (Phi) is 5.33. The second kappa shape index (κ2) is 6.79. The smallest absolute Gasteiger partial charge is 0.185 e. The molecule has 2 aliphatic carbocycles. The van der Waals surface area contributed by atoms with Gasteiger partial charge in [0.05, 0.1) is 6.10 Å². The first-order valence-electron chi connectivity index (χ1n) is 9.97. The van der Waals surface area contributed by atoms with Crippen LogP contribution in [0.4, 0.5) is 0 Å². The largest absolute Gasteiger partial charge is 0.404 e. The predicted octanol–water partition coefficient (Wildman–Crippen LogP) is 5.49. The van der Waals surface area contributed by atoms with Crippen molar-refractivity contribution < 1.29 is 14.3 Å². The van der Waals surface area contributed by atoms with E-state index in [1.54, 1.807) is 0 Å². The first-order chi connectivity index (χ1) is 12.4. The van der Waals surface area contributed by atoms with Crippen molar-refractivity contribution in [1.82, 2.24) is 0 Å². The molecule has 0 aliphatic heterocycles. The molecule has 0 unspecified atom stereocenters. The Hall–Kier alpha value is -0.493. The third kappa shape index (κ3) is 3.19. The lowest BCUT2D eigenvalue weighted by Crippen LogP contribution is -2.61. The van der Waals surface area contributed by atoms with E-state index < -0.39 is 24.8 Å². The monoisotopic (exact) mass is 452 g/mol. The van der Waals surface area contributed by atoms with Crippen molar-refractivity contribution in [3.8, 4) is 0 Å². The maximum Gasteiger partial charge on any atom is 0.185 e. The van der Waals surface area contributed by atoms with Crippen LogP contribution in [0.15, 0.2) is 30.3 Å². The fourth-order valence-electron chi connectivity index (χ4n) is 5.53. The summed E-state index contributed by atoms with van der Waals surface area (Å²) < 4.78 is 6.78. The van der Waals surface area contributed by atoms with E-state index in [1.165, 1.54) is 0 Å².